The molecule has 4 rings (SSSR count). The fourth-order valence-corrected chi connectivity index (χ4v) is 5.63. The molecular weight excluding hydrogens is 612 g/mol. The van der Waals surface area contributed by atoms with Crippen LogP contribution in [0.5, 0.6) is 11.5 Å². The summed E-state index contributed by atoms with van der Waals surface area (Å²) in [5, 5.41) is 2.17. The van der Waals surface area contributed by atoms with Crippen molar-refractivity contribution >= 4 is 72.4 Å². The predicted molar refractivity (Wildman–Crippen MR) is 147 cm³/mol. The Bertz CT molecular complexity index is 1310. The van der Waals surface area contributed by atoms with Crippen molar-refractivity contribution in [2.75, 3.05) is 19.0 Å². The number of thioether (sulfide) groups is 1. The van der Waals surface area contributed by atoms with Gasteiger partial charge < -0.3 is 14.8 Å². The van der Waals surface area contributed by atoms with Gasteiger partial charge in [-0.25, -0.2) is 0 Å². The van der Waals surface area contributed by atoms with E-state index in [9.17, 15) is 14.4 Å². The maximum Gasteiger partial charge on any atom is 0.294 e. The van der Waals surface area contributed by atoms with Gasteiger partial charge in [-0.3, -0.25) is 19.3 Å². The summed E-state index contributed by atoms with van der Waals surface area (Å²) in [6, 6.07) is 20.1. The second-order valence-corrected chi connectivity index (χ2v) is 10.3. The van der Waals surface area contributed by atoms with Gasteiger partial charge in [0.15, 0.2) is 0 Å². The summed E-state index contributed by atoms with van der Waals surface area (Å²) in [5.41, 5.74) is 2.26. The Morgan fingerprint density at radius 1 is 1.03 bits per heavy atom. The molecule has 0 bridgehead atoms. The molecule has 1 aliphatic heterocycles. The third-order valence-electron chi connectivity index (χ3n) is 5.09. The van der Waals surface area contributed by atoms with Crippen molar-refractivity contribution in [2.45, 2.75) is 6.61 Å². The Morgan fingerprint density at radius 2 is 1.69 bits per heavy atom. The number of anilines is 1. The summed E-state index contributed by atoms with van der Waals surface area (Å²) in [6.07, 6.45) is 1.61. The summed E-state index contributed by atoms with van der Waals surface area (Å²) in [6.45, 7) is 0.0164. The molecule has 1 heterocycles. The van der Waals surface area contributed by atoms with Crippen molar-refractivity contribution in [3.05, 3.63) is 91.7 Å². The van der Waals surface area contributed by atoms with Gasteiger partial charge in [-0.15, -0.1) is 0 Å². The molecule has 0 aliphatic carbocycles. The number of hydrogen-bond donors (Lipinski definition) is 1. The summed E-state index contributed by atoms with van der Waals surface area (Å²) in [4.78, 5) is 38.9. The highest BCUT2D eigenvalue weighted by Crippen LogP contribution is 2.38. The zero-order valence-corrected chi connectivity index (χ0v) is 23.0. The van der Waals surface area contributed by atoms with Gasteiger partial charge in [0.25, 0.3) is 11.1 Å². The molecule has 1 fully saturated rings. The average molecular weight is 632 g/mol. The quantitative estimate of drug-likeness (QED) is 0.287. The van der Waals surface area contributed by atoms with Crippen molar-refractivity contribution < 1.29 is 23.9 Å². The normalized spacial score (nSPS) is 14.3. The molecule has 1 aliphatic rings. The average Bonchev–Trinajstić information content (AvgIpc) is 3.11. The van der Waals surface area contributed by atoms with Crippen LogP contribution in [-0.4, -0.2) is 35.6 Å². The van der Waals surface area contributed by atoms with Crippen molar-refractivity contribution in [1.82, 2.24) is 4.90 Å². The van der Waals surface area contributed by atoms with Crippen LogP contribution in [0.4, 0.5) is 10.5 Å². The van der Waals surface area contributed by atoms with E-state index in [1.807, 2.05) is 30.3 Å². The first-order chi connectivity index (χ1) is 17.3. The molecule has 0 radical (unpaired) electrons. The number of imide groups is 1. The largest absolute Gasteiger partial charge is 0.497 e. The number of methoxy groups -OCH3 is 1. The Morgan fingerprint density at radius 3 is 2.33 bits per heavy atom. The molecule has 3 aromatic carbocycles. The summed E-state index contributed by atoms with van der Waals surface area (Å²) < 4.78 is 12.4. The molecule has 0 unspecified atom stereocenters. The number of carbonyl (C=O) groups is 3. The lowest BCUT2D eigenvalue weighted by atomic mass is 10.2. The van der Waals surface area contributed by atoms with Crippen LogP contribution in [-0.2, 0) is 16.2 Å². The van der Waals surface area contributed by atoms with Crippen LogP contribution >= 0.6 is 43.6 Å². The van der Waals surface area contributed by atoms with E-state index in [1.165, 1.54) is 0 Å². The third kappa shape index (κ3) is 6.37. The minimum absolute atomic E-state index is 0.231. The van der Waals surface area contributed by atoms with Gasteiger partial charge in [0.1, 0.15) is 24.7 Å². The Kier molecular flexibility index (Phi) is 8.50. The van der Waals surface area contributed by atoms with E-state index < -0.39 is 17.1 Å². The Labute approximate surface area is 229 Å². The highest BCUT2D eigenvalue weighted by atomic mass is 79.9. The van der Waals surface area contributed by atoms with Gasteiger partial charge in [-0.2, -0.15) is 0 Å². The molecule has 184 valence electrons. The first-order valence-corrected chi connectivity index (χ1v) is 13.1. The fraction of sp³-hybridized carbons (Fsp3) is 0.115. The number of carbonyl (C=O) groups excluding carboxylic acids is 3. The van der Waals surface area contributed by atoms with Crippen molar-refractivity contribution in [1.29, 1.82) is 0 Å². The molecule has 1 saturated heterocycles. The van der Waals surface area contributed by atoms with Crippen LogP contribution in [0.2, 0.25) is 0 Å². The molecule has 0 atom stereocenters. The highest BCUT2D eigenvalue weighted by Gasteiger charge is 2.36. The summed E-state index contributed by atoms with van der Waals surface area (Å²) in [5.74, 6) is 0.276. The van der Waals surface area contributed by atoms with E-state index in [0.717, 1.165) is 22.2 Å². The SMILES string of the molecule is COc1ccc(NC(=O)CN2C(=O)S/C(=C/c3cc(Br)c(OCc4ccccc4)c(Br)c3)C2=O)cc1. The zero-order chi connectivity index (χ0) is 25.7. The van der Waals surface area contributed by atoms with Crippen LogP contribution in [0.3, 0.4) is 0 Å². The van der Waals surface area contributed by atoms with Gasteiger partial charge >= 0.3 is 0 Å². The maximum atomic E-state index is 12.9. The van der Waals surface area contributed by atoms with Crippen LogP contribution in [0.1, 0.15) is 11.1 Å². The number of halogens is 2. The van der Waals surface area contributed by atoms with E-state index in [4.69, 9.17) is 9.47 Å². The molecular formula is C26H20Br2N2O5S. The minimum Gasteiger partial charge on any atom is -0.497 e. The molecule has 3 amide bonds. The Balaban J connectivity index is 1.42. The minimum atomic E-state index is -0.522. The molecule has 3 aromatic rings. The van der Waals surface area contributed by atoms with E-state index in [0.29, 0.717) is 38.3 Å². The van der Waals surface area contributed by atoms with Crippen molar-refractivity contribution in [3.8, 4) is 11.5 Å². The number of benzene rings is 3. The van der Waals surface area contributed by atoms with E-state index in [2.05, 4.69) is 37.2 Å². The lowest BCUT2D eigenvalue weighted by Gasteiger charge is -2.13. The Hall–Kier alpha value is -3.08. The van der Waals surface area contributed by atoms with Gasteiger partial charge in [0, 0.05) is 5.69 Å². The lowest BCUT2D eigenvalue weighted by molar-refractivity contribution is -0.127. The van der Waals surface area contributed by atoms with E-state index >= 15 is 0 Å². The molecule has 36 heavy (non-hydrogen) atoms. The first-order valence-electron chi connectivity index (χ1n) is 10.7. The topological polar surface area (TPSA) is 84.9 Å². The third-order valence-corrected chi connectivity index (χ3v) is 7.18. The monoisotopic (exact) mass is 630 g/mol. The zero-order valence-electron chi connectivity index (χ0n) is 19.0. The summed E-state index contributed by atoms with van der Waals surface area (Å²) >= 11 is 7.83. The molecule has 1 N–H and O–H groups in total. The number of ether oxygens (including phenoxy) is 2. The standard InChI is InChI=1S/C26H20Br2N2O5S/c1-34-19-9-7-18(8-10-19)29-23(31)14-30-25(32)22(36-26(30)33)13-17-11-20(27)24(21(28)12-17)35-15-16-5-3-2-4-6-16/h2-13H,14-15H2,1H3,(H,29,31)/b22-13+. The number of nitrogens with zero attached hydrogens (tertiary/aromatic N) is 1. The first kappa shape index (κ1) is 26.0. The van der Waals surface area contributed by atoms with Gasteiger partial charge in [0.2, 0.25) is 5.91 Å². The second-order valence-electron chi connectivity index (χ2n) is 7.63. The smallest absolute Gasteiger partial charge is 0.294 e. The van der Waals surface area contributed by atoms with Crippen LogP contribution in [0.25, 0.3) is 6.08 Å². The van der Waals surface area contributed by atoms with Gasteiger partial charge in [-0.05, 0) is 97.2 Å². The van der Waals surface area contributed by atoms with E-state index in [1.54, 1.807) is 49.6 Å². The summed E-state index contributed by atoms with van der Waals surface area (Å²) in [7, 11) is 1.55. The predicted octanol–water partition coefficient (Wildman–Crippen LogP) is 6.47. The lowest BCUT2D eigenvalue weighted by Crippen LogP contribution is -2.36. The number of amides is 3. The second kappa shape index (κ2) is 11.8. The number of rotatable bonds is 8. The number of hydrogen-bond acceptors (Lipinski definition) is 6. The maximum absolute atomic E-state index is 12.9. The molecule has 0 spiro atoms. The fourth-order valence-electron chi connectivity index (χ4n) is 3.34. The molecule has 0 saturated carbocycles. The molecule has 7 nitrogen and oxygen atoms in total. The van der Waals surface area contributed by atoms with E-state index in [-0.39, 0.29) is 11.4 Å². The number of nitrogens with one attached hydrogen (secondary N) is 1. The van der Waals surface area contributed by atoms with Crippen molar-refractivity contribution in [3.63, 3.8) is 0 Å². The van der Waals surface area contributed by atoms with Gasteiger partial charge in [0.05, 0.1) is 21.0 Å². The van der Waals surface area contributed by atoms with Gasteiger partial charge in [-0.1, -0.05) is 30.3 Å². The van der Waals surface area contributed by atoms with Crippen molar-refractivity contribution in [2.24, 2.45) is 0 Å². The molecule has 10 heteroatoms. The van der Waals surface area contributed by atoms with Crippen LogP contribution < -0.4 is 14.8 Å². The van der Waals surface area contributed by atoms with Crippen LogP contribution in [0, 0.1) is 0 Å². The molecule has 0 aromatic heterocycles. The highest BCUT2D eigenvalue weighted by molar-refractivity contribution is 9.11. The van der Waals surface area contributed by atoms with Crippen LogP contribution in [0.15, 0.2) is 80.6 Å².